The highest BCUT2D eigenvalue weighted by Crippen LogP contribution is 2.53. The van der Waals surface area contributed by atoms with Gasteiger partial charge in [0.05, 0.1) is 11.4 Å². The summed E-state index contributed by atoms with van der Waals surface area (Å²) < 4.78 is 0. The summed E-state index contributed by atoms with van der Waals surface area (Å²) in [4.78, 5) is 19.5. The van der Waals surface area contributed by atoms with Crippen molar-refractivity contribution in [3.8, 4) is 56.0 Å². The molecule has 4 nitrogen and oxygen atoms in total. The number of allylic oxidation sites excluding steroid dienone is 9. The van der Waals surface area contributed by atoms with Crippen molar-refractivity contribution >= 4 is 17.2 Å². The van der Waals surface area contributed by atoms with Gasteiger partial charge in [0.15, 0.2) is 5.82 Å². The third-order valence-corrected chi connectivity index (χ3v) is 13.0. The maximum absolute atomic E-state index is 5.37. The first-order valence-corrected chi connectivity index (χ1v) is 22.4. The molecular formula is C61H50N4. The van der Waals surface area contributed by atoms with E-state index in [0.29, 0.717) is 17.7 Å². The Bertz CT molecular complexity index is 3100. The van der Waals surface area contributed by atoms with Gasteiger partial charge in [0.2, 0.25) is 0 Å². The van der Waals surface area contributed by atoms with Crippen LogP contribution in [-0.4, -0.2) is 19.9 Å². The van der Waals surface area contributed by atoms with Crippen molar-refractivity contribution in [2.75, 3.05) is 0 Å². The number of pyridine rings is 2. The second-order valence-corrected chi connectivity index (χ2v) is 17.6. The number of hydrogen-bond donors (Lipinski definition) is 0. The van der Waals surface area contributed by atoms with Crippen LogP contribution in [0.4, 0.5) is 0 Å². The van der Waals surface area contributed by atoms with E-state index in [-0.39, 0.29) is 5.41 Å². The maximum Gasteiger partial charge on any atom is 0.160 e. The van der Waals surface area contributed by atoms with E-state index in [1.54, 1.807) is 0 Å². The SMILES string of the molecule is C\C=C(/C=C(\C=C\c1ccc2c(c1)C(C)(C)C1C=C(C)C=CC21)c1cc(-c2ccc(-c3ccccc3)cc2)nc(-c2ccccc2)n1)c1cc(-c2cccnc2)cc(-c2cccnc2)c1. The van der Waals surface area contributed by atoms with Crippen LogP contribution < -0.4 is 0 Å². The first-order valence-electron chi connectivity index (χ1n) is 22.4. The van der Waals surface area contributed by atoms with Crippen LogP contribution in [0, 0.1) is 5.92 Å². The van der Waals surface area contributed by atoms with Gasteiger partial charge < -0.3 is 0 Å². The molecule has 0 fully saturated rings. The molecule has 3 heterocycles. The van der Waals surface area contributed by atoms with E-state index >= 15 is 0 Å². The molecule has 0 aliphatic heterocycles. The van der Waals surface area contributed by atoms with Gasteiger partial charge in [0.1, 0.15) is 0 Å². The summed E-state index contributed by atoms with van der Waals surface area (Å²) in [5.74, 6) is 1.50. The molecule has 0 radical (unpaired) electrons. The summed E-state index contributed by atoms with van der Waals surface area (Å²) >= 11 is 0. The Labute approximate surface area is 382 Å². The number of nitrogens with zero attached hydrogens (tertiary/aromatic N) is 4. The number of fused-ring (bicyclic) bond motifs is 3. The van der Waals surface area contributed by atoms with Crippen molar-refractivity contribution in [3.63, 3.8) is 0 Å². The van der Waals surface area contributed by atoms with E-state index in [1.807, 2.05) is 61.2 Å². The summed E-state index contributed by atoms with van der Waals surface area (Å²) in [6, 6.07) is 53.5. The van der Waals surface area contributed by atoms with Crippen LogP contribution in [-0.2, 0) is 5.41 Å². The minimum atomic E-state index is 0.000128. The van der Waals surface area contributed by atoms with E-state index in [0.717, 1.165) is 72.6 Å². The topological polar surface area (TPSA) is 51.6 Å². The number of benzene rings is 5. The van der Waals surface area contributed by atoms with Crippen LogP contribution in [0.1, 0.15) is 61.6 Å². The quantitative estimate of drug-likeness (QED) is 0.129. The fourth-order valence-electron chi connectivity index (χ4n) is 9.49. The van der Waals surface area contributed by atoms with Gasteiger partial charge in [-0.2, -0.15) is 0 Å². The molecule has 2 aliphatic carbocycles. The smallest absolute Gasteiger partial charge is 0.160 e. The Morgan fingerprint density at radius 2 is 1.22 bits per heavy atom. The molecule has 3 aromatic heterocycles. The van der Waals surface area contributed by atoms with Crippen LogP contribution in [0.3, 0.4) is 0 Å². The van der Waals surface area contributed by atoms with Gasteiger partial charge in [0.25, 0.3) is 0 Å². The highest BCUT2D eigenvalue weighted by Gasteiger charge is 2.44. The van der Waals surface area contributed by atoms with Crippen molar-refractivity contribution < 1.29 is 0 Å². The third-order valence-electron chi connectivity index (χ3n) is 13.0. The Kier molecular flexibility index (Phi) is 11.2. The standard InChI is InChI=1S/C61H50N4/c1-5-43(51-35-52(49-18-12-30-62-39-49)37-53(36-51)50-19-13-31-63-40-50)34-48(23-21-42-22-29-55-54-28-20-41(2)32-56(54)61(3,4)57(55)33-42)59-38-58(64-60(65-59)47-16-10-7-11-17-47)46-26-24-45(25-27-46)44-14-8-6-9-15-44/h5-40,54,56H,1-4H3/b23-21+,43-5+,48-34+. The molecular weight excluding hydrogens is 789 g/mol. The summed E-state index contributed by atoms with van der Waals surface area (Å²) in [6.45, 7) is 9.12. The summed E-state index contributed by atoms with van der Waals surface area (Å²) in [7, 11) is 0. The number of aromatic nitrogens is 4. The van der Waals surface area contributed by atoms with Gasteiger partial charge in [-0.25, -0.2) is 9.97 Å². The van der Waals surface area contributed by atoms with Crippen LogP contribution in [0.25, 0.3) is 73.2 Å². The lowest BCUT2D eigenvalue weighted by atomic mass is 9.73. The minimum Gasteiger partial charge on any atom is -0.264 e. The zero-order valence-electron chi connectivity index (χ0n) is 37.2. The van der Waals surface area contributed by atoms with Crippen LogP contribution in [0.2, 0.25) is 0 Å². The second kappa shape index (κ2) is 17.7. The zero-order chi connectivity index (χ0) is 44.3. The molecule has 4 heteroatoms. The third kappa shape index (κ3) is 8.51. The highest BCUT2D eigenvalue weighted by atomic mass is 14.9. The Morgan fingerprint density at radius 1 is 0.585 bits per heavy atom. The molecule has 314 valence electrons. The van der Waals surface area contributed by atoms with Gasteiger partial charge in [-0.3, -0.25) is 9.97 Å². The van der Waals surface area contributed by atoms with E-state index in [1.165, 1.54) is 22.3 Å². The molecule has 10 rings (SSSR count). The second-order valence-electron chi connectivity index (χ2n) is 17.6. The van der Waals surface area contributed by atoms with Crippen molar-refractivity contribution in [2.45, 2.75) is 39.0 Å². The number of hydrogen-bond acceptors (Lipinski definition) is 4. The largest absolute Gasteiger partial charge is 0.264 e. The van der Waals surface area contributed by atoms with Gasteiger partial charge in [-0.15, -0.1) is 0 Å². The Hall–Kier alpha value is -7.82. The molecule has 0 saturated heterocycles. The zero-order valence-corrected chi connectivity index (χ0v) is 37.2. The van der Waals surface area contributed by atoms with Gasteiger partial charge in [0, 0.05) is 58.5 Å². The first kappa shape index (κ1) is 41.2. The normalized spacial score (nSPS) is 16.6. The molecule has 0 saturated carbocycles. The molecule has 5 aromatic carbocycles. The fraction of sp³-hybridized carbons (Fsp3) is 0.115. The van der Waals surface area contributed by atoms with E-state index in [9.17, 15) is 0 Å². The molecule has 0 spiro atoms. The van der Waals surface area contributed by atoms with Gasteiger partial charge >= 0.3 is 0 Å². The average molecular weight is 839 g/mol. The summed E-state index contributed by atoms with van der Waals surface area (Å²) in [5, 5.41) is 0. The molecule has 2 atom stereocenters. The molecule has 0 N–H and O–H groups in total. The van der Waals surface area contributed by atoms with Gasteiger partial charge in [-0.1, -0.05) is 171 Å². The molecule has 8 aromatic rings. The molecule has 65 heavy (non-hydrogen) atoms. The summed E-state index contributed by atoms with van der Waals surface area (Å²) in [6.07, 6.45) is 23.6. The lowest BCUT2D eigenvalue weighted by Crippen LogP contribution is -2.25. The highest BCUT2D eigenvalue weighted by molar-refractivity contribution is 5.92. The van der Waals surface area contributed by atoms with E-state index < -0.39 is 0 Å². The number of rotatable bonds is 10. The minimum absolute atomic E-state index is 0.000128. The van der Waals surface area contributed by atoms with E-state index in [4.69, 9.17) is 9.97 Å². The van der Waals surface area contributed by atoms with Crippen LogP contribution in [0.15, 0.2) is 218 Å². The van der Waals surface area contributed by atoms with Crippen molar-refractivity contribution in [2.24, 2.45) is 5.92 Å². The van der Waals surface area contributed by atoms with E-state index in [2.05, 4.69) is 195 Å². The summed E-state index contributed by atoms with van der Waals surface area (Å²) in [5.41, 5.74) is 18.7. The molecule has 0 bridgehead atoms. The van der Waals surface area contributed by atoms with Gasteiger partial charge in [-0.05, 0) is 118 Å². The predicted octanol–water partition coefficient (Wildman–Crippen LogP) is 15.3. The Morgan fingerprint density at radius 3 is 1.86 bits per heavy atom. The lowest BCUT2D eigenvalue weighted by Gasteiger charge is -2.30. The maximum atomic E-state index is 5.37. The monoisotopic (exact) mass is 838 g/mol. The molecule has 2 unspecified atom stereocenters. The van der Waals surface area contributed by atoms with Crippen molar-refractivity contribution in [3.05, 3.63) is 246 Å². The van der Waals surface area contributed by atoms with Crippen molar-refractivity contribution in [1.82, 2.24) is 19.9 Å². The van der Waals surface area contributed by atoms with Crippen LogP contribution >= 0.6 is 0 Å². The molecule has 2 aliphatic rings. The Balaban J connectivity index is 1.14. The van der Waals surface area contributed by atoms with Crippen molar-refractivity contribution in [1.29, 1.82) is 0 Å². The average Bonchev–Trinajstić information content (AvgIpc) is 3.59. The first-order chi connectivity index (χ1) is 31.8. The predicted molar refractivity (Wildman–Crippen MR) is 271 cm³/mol. The lowest BCUT2D eigenvalue weighted by molar-refractivity contribution is 0.392. The molecule has 0 amide bonds. The fourth-order valence-corrected chi connectivity index (χ4v) is 9.49. The van der Waals surface area contributed by atoms with Crippen LogP contribution in [0.5, 0.6) is 0 Å².